The van der Waals surface area contributed by atoms with Gasteiger partial charge >= 0.3 is 5.97 Å². The highest BCUT2D eigenvalue weighted by Crippen LogP contribution is 2.53. The van der Waals surface area contributed by atoms with E-state index >= 15 is 0 Å². The summed E-state index contributed by atoms with van der Waals surface area (Å²) in [5.41, 5.74) is -0.681. The van der Waals surface area contributed by atoms with Gasteiger partial charge < -0.3 is 38.7 Å². The van der Waals surface area contributed by atoms with Crippen LogP contribution in [0, 0.1) is 0 Å². The molecule has 0 radical (unpaired) electrons. The van der Waals surface area contributed by atoms with Crippen molar-refractivity contribution in [2.75, 3.05) is 82.5 Å². The van der Waals surface area contributed by atoms with E-state index in [1.165, 1.54) is 62.8 Å². The van der Waals surface area contributed by atoms with Gasteiger partial charge in [0.15, 0.2) is 5.78 Å². The fraction of sp³-hybridized carbons (Fsp3) is 0.511. The van der Waals surface area contributed by atoms with Crippen LogP contribution in [0.15, 0.2) is 80.9 Å². The molecule has 3 aliphatic heterocycles. The standard InChI is InChI=1S/C45H57N3O19S3/c1-44(14-6-24-68(54,55)56)33-25-29(69(57,58)59)9-11-36(33)47(17-19-65-22-23-66-21-20-64-4)37(44)27-31-42(52)32(43(31)53)28-38-45(2,15-18-63-3)34-26-30(70(60,61)62)8-10-35(34)46(38)16-5-7-41(51)67-48-39(49)12-13-40(48)50/h8-11,25-28,37,52H,5-7,12-24H2,1-4H3,(H,54,55,56)(H,57,58,59)(H,60,61,62)/b31-27?,38-28+. The molecule has 2 aromatic carbocycles. The first kappa shape index (κ1) is 54.2. The smallest absolute Gasteiger partial charge is 0.333 e. The number of ketones is 1. The van der Waals surface area contributed by atoms with Gasteiger partial charge in [0, 0.05) is 81.1 Å². The van der Waals surface area contributed by atoms with Gasteiger partial charge in [-0.15, -0.1) is 5.06 Å². The highest BCUT2D eigenvalue weighted by Gasteiger charge is 2.50. The largest absolute Gasteiger partial charge is 0.506 e. The minimum Gasteiger partial charge on any atom is -0.506 e. The molecule has 0 bridgehead atoms. The zero-order chi connectivity index (χ0) is 51.4. The SMILES string of the molecule is COCCOCCOCCN1c2ccc(S(=O)(=O)O)cc2C(C)(CCCS(=O)(=O)O)C1C=C1C(=O)C(/C=C2/N(CCCC(=O)ON3C(=O)CCC3=O)c3ccc(S(=O)(=O)O)cc3C2(C)CCOC)=C1O. The number of hydrogen-bond donors (Lipinski definition) is 4. The Bertz CT molecular complexity index is 2810. The molecule has 4 aliphatic rings. The lowest BCUT2D eigenvalue weighted by atomic mass is 9.72. The van der Waals surface area contributed by atoms with Crippen LogP contribution in [0.2, 0.25) is 0 Å². The third-order valence-electron chi connectivity index (χ3n) is 12.9. The van der Waals surface area contributed by atoms with Crippen molar-refractivity contribution in [3.8, 4) is 0 Å². The van der Waals surface area contributed by atoms with E-state index in [0.29, 0.717) is 46.5 Å². The molecule has 4 N–H and O–H groups in total. The van der Waals surface area contributed by atoms with E-state index in [1.54, 1.807) is 23.6 Å². The molecule has 3 unspecified atom stereocenters. The van der Waals surface area contributed by atoms with E-state index in [-0.39, 0.29) is 95.6 Å². The zero-order valence-corrected chi connectivity index (χ0v) is 41.4. The molecule has 2 aromatic rings. The van der Waals surface area contributed by atoms with Crippen LogP contribution in [0.25, 0.3) is 0 Å². The van der Waals surface area contributed by atoms with Crippen molar-refractivity contribution < 1.29 is 87.0 Å². The fourth-order valence-corrected chi connectivity index (χ4v) is 10.8. The minimum absolute atomic E-state index is 0.00174. The number of anilines is 2. The number of rotatable bonds is 25. The van der Waals surface area contributed by atoms with E-state index in [0.717, 1.165) is 0 Å². The van der Waals surface area contributed by atoms with Crippen LogP contribution >= 0.6 is 0 Å². The number of ether oxygens (including phenoxy) is 4. The number of nitrogens with zero attached hydrogens (tertiary/aromatic N) is 3. The molecule has 384 valence electrons. The first-order valence-corrected chi connectivity index (χ1v) is 26.7. The van der Waals surface area contributed by atoms with Gasteiger partial charge in [-0.25, -0.2) is 4.79 Å². The molecule has 70 heavy (non-hydrogen) atoms. The quantitative estimate of drug-likeness (QED) is 0.0479. The minimum atomic E-state index is -4.74. The number of aliphatic hydroxyl groups excluding tert-OH is 1. The molecular formula is C45H57N3O19S3. The molecule has 1 saturated heterocycles. The number of fused-ring (bicyclic) bond motifs is 2. The maximum Gasteiger partial charge on any atom is 0.333 e. The molecule has 1 fully saturated rings. The highest BCUT2D eigenvalue weighted by atomic mass is 32.2. The van der Waals surface area contributed by atoms with Crippen molar-refractivity contribution in [1.29, 1.82) is 0 Å². The molecule has 0 spiro atoms. The summed E-state index contributed by atoms with van der Waals surface area (Å²) in [5.74, 6) is -3.94. The third kappa shape index (κ3) is 11.8. The first-order chi connectivity index (χ1) is 32.9. The molecule has 3 heterocycles. The summed E-state index contributed by atoms with van der Waals surface area (Å²) in [5, 5.41) is 12.3. The first-order valence-electron chi connectivity index (χ1n) is 22.2. The predicted molar refractivity (Wildman–Crippen MR) is 249 cm³/mol. The van der Waals surface area contributed by atoms with Crippen LogP contribution in [0.3, 0.4) is 0 Å². The van der Waals surface area contributed by atoms with Gasteiger partial charge in [-0.2, -0.15) is 25.3 Å². The molecule has 3 atom stereocenters. The number of methoxy groups -OCH3 is 2. The summed E-state index contributed by atoms with van der Waals surface area (Å²) < 4.78 is 125. The zero-order valence-electron chi connectivity index (χ0n) is 39.0. The van der Waals surface area contributed by atoms with Crippen molar-refractivity contribution in [2.24, 2.45) is 0 Å². The maximum absolute atomic E-state index is 14.5. The Morgan fingerprint density at radius 2 is 1.34 bits per heavy atom. The van der Waals surface area contributed by atoms with Gasteiger partial charge in [0.1, 0.15) is 5.76 Å². The van der Waals surface area contributed by atoms with Crippen LogP contribution in [0.4, 0.5) is 11.4 Å². The number of amides is 2. The second kappa shape index (κ2) is 21.7. The monoisotopic (exact) mass is 1040 g/mol. The summed E-state index contributed by atoms with van der Waals surface area (Å²) >= 11 is 0. The summed E-state index contributed by atoms with van der Waals surface area (Å²) in [6, 6.07) is 6.94. The number of hydroxylamine groups is 2. The van der Waals surface area contributed by atoms with E-state index in [2.05, 4.69) is 0 Å². The second-order valence-electron chi connectivity index (χ2n) is 17.5. The lowest BCUT2D eigenvalue weighted by Crippen LogP contribution is -2.44. The maximum atomic E-state index is 14.5. The molecule has 6 rings (SSSR count). The van der Waals surface area contributed by atoms with Gasteiger partial charge in [-0.1, -0.05) is 6.92 Å². The Morgan fingerprint density at radius 3 is 1.93 bits per heavy atom. The number of carbonyl (C=O) groups excluding carboxylic acids is 4. The van der Waals surface area contributed by atoms with Gasteiger partial charge in [0.2, 0.25) is 0 Å². The molecule has 22 nitrogen and oxygen atoms in total. The summed E-state index contributed by atoms with van der Waals surface area (Å²) in [4.78, 5) is 59.2. The Morgan fingerprint density at radius 1 is 0.757 bits per heavy atom. The number of benzene rings is 2. The molecule has 1 aliphatic carbocycles. The topological polar surface area (TPSA) is 307 Å². The lowest BCUT2D eigenvalue weighted by Gasteiger charge is -2.37. The van der Waals surface area contributed by atoms with Crippen LogP contribution in [0.1, 0.15) is 69.9 Å². The molecule has 0 saturated carbocycles. The summed E-state index contributed by atoms with van der Waals surface area (Å²) in [6.07, 6.45) is 2.55. The Balaban J connectivity index is 1.41. The lowest BCUT2D eigenvalue weighted by molar-refractivity contribution is -0.197. The van der Waals surface area contributed by atoms with Crippen molar-refractivity contribution >= 4 is 65.3 Å². The van der Waals surface area contributed by atoms with Crippen molar-refractivity contribution in [3.63, 3.8) is 0 Å². The van der Waals surface area contributed by atoms with Gasteiger partial charge in [-0.3, -0.25) is 28.0 Å². The molecular weight excluding hydrogens is 983 g/mol. The normalized spacial score (nSPS) is 22.7. The number of allylic oxidation sites excluding steroid dienone is 4. The Labute approximate surface area is 406 Å². The van der Waals surface area contributed by atoms with E-state index in [9.17, 15) is 63.2 Å². The van der Waals surface area contributed by atoms with Crippen molar-refractivity contribution in [2.45, 2.75) is 85.5 Å². The number of hydrogen-bond acceptors (Lipinski definition) is 18. The van der Waals surface area contributed by atoms with Crippen LogP contribution in [0.5, 0.6) is 0 Å². The summed E-state index contributed by atoms with van der Waals surface area (Å²) in [7, 11) is -10.9. The van der Waals surface area contributed by atoms with Gasteiger partial charge in [0.05, 0.1) is 65.8 Å². The van der Waals surface area contributed by atoms with Gasteiger partial charge in [0.25, 0.3) is 42.2 Å². The van der Waals surface area contributed by atoms with E-state index in [4.69, 9.17) is 23.8 Å². The fourth-order valence-electron chi connectivity index (χ4n) is 9.28. The summed E-state index contributed by atoms with van der Waals surface area (Å²) in [6.45, 7) is 4.96. The molecule has 2 amide bonds. The average molecular weight is 1040 g/mol. The average Bonchev–Trinajstić information content (AvgIpc) is 3.82. The second-order valence-corrected chi connectivity index (χ2v) is 22.0. The number of carbonyl (C=O) groups is 4. The number of Topliss-reactive ketones (excluding diaryl/α,β-unsaturated/α-hetero) is 1. The Kier molecular flexibility index (Phi) is 16.8. The predicted octanol–water partition coefficient (Wildman–Crippen LogP) is 3.38. The molecule has 0 aromatic heterocycles. The third-order valence-corrected chi connectivity index (χ3v) is 15.4. The van der Waals surface area contributed by atoms with Crippen LogP contribution in [-0.2, 0) is 84.1 Å². The number of aliphatic hydroxyl groups is 1. The van der Waals surface area contributed by atoms with Crippen LogP contribution in [-0.4, -0.2) is 151 Å². The number of imide groups is 1. The van der Waals surface area contributed by atoms with Gasteiger partial charge in [-0.05, 0) is 92.3 Å². The highest BCUT2D eigenvalue weighted by molar-refractivity contribution is 7.86. The van der Waals surface area contributed by atoms with Crippen LogP contribution < -0.4 is 9.80 Å². The van der Waals surface area contributed by atoms with Crippen molar-refractivity contribution in [3.05, 3.63) is 82.3 Å². The Hall–Kier alpha value is -5.09. The van der Waals surface area contributed by atoms with E-state index < -0.39 is 92.1 Å². The van der Waals surface area contributed by atoms with E-state index in [1.807, 2.05) is 0 Å². The van der Waals surface area contributed by atoms with Crippen molar-refractivity contribution in [1.82, 2.24) is 5.06 Å². The molecule has 25 heteroatoms.